The summed E-state index contributed by atoms with van der Waals surface area (Å²) in [6.45, 7) is 8.08. The molecule has 0 spiro atoms. The van der Waals surface area contributed by atoms with Crippen molar-refractivity contribution in [3.8, 4) is 0 Å². The smallest absolute Gasteiger partial charge is 0.256 e. The molecule has 0 aliphatic heterocycles. The van der Waals surface area contributed by atoms with E-state index in [9.17, 15) is 4.79 Å². The zero-order valence-corrected chi connectivity index (χ0v) is 12.8. The summed E-state index contributed by atoms with van der Waals surface area (Å²) in [6.07, 6.45) is 0. The molecule has 1 heterocycles. The number of hydrogen-bond acceptors (Lipinski definition) is 4. The topological polar surface area (TPSA) is 66.9 Å². The molecular weight excluding hydrogens is 264 g/mol. The summed E-state index contributed by atoms with van der Waals surface area (Å²) < 4.78 is 0. The molecule has 2 N–H and O–H groups in total. The van der Waals surface area contributed by atoms with Gasteiger partial charge in [0.15, 0.2) is 5.82 Å². The number of aromatic nitrogens is 2. The van der Waals surface area contributed by atoms with Gasteiger partial charge in [0, 0.05) is 11.1 Å². The second-order valence-corrected chi connectivity index (χ2v) is 6.00. The highest BCUT2D eigenvalue weighted by Crippen LogP contribution is 2.13. The molecule has 5 heteroatoms. The maximum atomic E-state index is 12.1. The molecule has 0 aliphatic rings. The van der Waals surface area contributed by atoms with Crippen LogP contribution in [-0.4, -0.2) is 21.6 Å². The normalized spacial score (nSPS) is 11.0. The van der Waals surface area contributed by atoms with Gasteiger partial charge in [-0.15, -0.1) is 10.2 Å². The van der Waals surface area contributed by atoms with Crippen LogP contribution in [0.3, 0.4) is 0 Å². The standard InChI is InChI=1S/C16H20N4O/c1-11-6-5-7-12(10-11)15(21)17-13-8-9-14(20-19-13)18-16(2,3)4/h5-10H,1-4H3,(H,18,20)(H,17,19,21). The van der Waals surface area contributed by atoms with Crippen LogP contribution in [0.2, 0.25) is 0 Å². The van der Waals surface area contributed by atoms with Gasteiger partial charge in [-0.1, -0.05) is 17.7 Å². The number of amides is 1. The maximum Gasteiger partial charge on any atom is 0.256 e. The fourth-order valence-electron chi connectivity index (χ4n) is 1.82. The molecule has 0 saturated carbocycles. The van der Waals surface area contributed by atoms with Gasteiger partial charge in [-0.3, -0.25) is 4.79 Å². The zero-order valence-electron chi connectivity index (χ0n) is 12.8. The molecular formula is C16H20N4O. The quantitative estimate of drug-likeness (QED) is 0.908. The lowest BCUT2D eigenvalue weighted by atomic mass is 10.1. The number of nitrogens with one attached hydrogen (secondary N) is 2. The van der Waals surface area contributed by atoms with E-state index in [0.29, 0.717) is 17.2 Å². The van der Waals surface area contributed by atoms with Gasteiger partial charge in [-0.05, 0) is 52.0 Å². The molecule has 0 aliphatic carbocycles. The zero-order chi connectivity index (χ0) is 15.5. The lowest BCUT2D eigenvalue weighted by molar-refractivity contribution is 0.102. The number of aryl methyl sites for hydroxylation is 1. The van der Waals surface area contributed by atoms with E-state index in [2.05, 4.69) is 20.8 Å². The number of carbonyl (C=O) groups excluding carboxylic acids is 1. The lowest BCUT2D eigenvalue weighted by Gasteiger charge is -2.20. The van der Waals surface area contributed by atoms with E-state index in [-0.39, 0.29) is 11.4 Å². The van der Waals surface area contributed by atoms with Crippen molar-refractivity contribution in [2.24, 2.45) is 0 Å². The van der Waals surface area contributed by atoms with E-state index in [4.69, 9.17) is 0 Å². The Kier molecular flexibility index (Phi) is 4.21. The average molecular weight is 284 g/mol. The number of rotatable bonds is 3. The molecule has 5 nitrogen and oxygen atoms in total. The monoisotopic (exact) mass is 284 g/mol. The highest BCUT2D eigenvalue weighted by molar-refractivity contribution is 6.03. The minimum absolute atomic E-state index is 0.0823. The molecule has 0 atom stereocenters. The van der Waals surface area contributed by atoms with Crippen LogP contribution in [-0.2, 0) is 0 Å². The van der Waals surface area contributed by atoms with Crippen molar-refractivity contribution >= 4 is 17.5 Å². The number of hydrogen-bond donors (Lipinski definition) is 2. The van der Waals surface area contributed by atoms with Crippen molar-refractivity contribution in [3.63, 3.8) is 0 Å². The van der Waals surface area contributed by atoms with E-state index < -0.39 is 0 Å². The predicted octanol–water partition coefficient (Wildman–Crippen LogP) is 3.25. The number of nitrogens with zero attached hydrogens (tertiary/aromatic N) is 2. The van der Waals surface area contributed by atoms with Crippen molar-refractivity contribution in [1.29, 1.82) is 0 Å². The van der Waals surface area contributed by atoms with E-state index in [1.165, 1.54) is 0 Å². The van der Waals surface area contributed by atoms with Crippen molar-refractivity contribution in [3.05, 3.63) is 47.5 Å². The molecule has 21 heavy (non-hydrogen) atoms. The first-order chi connectivity index (χ1) is 9.83. The highest BCUT2D eigenvalue weighted by Gasteiger charge is 2.11. The molecule has 0 saturated heterocycles. The number of anilines is 2. The van der Waals surface area contributed by atoms with Gasteiger partial charge in [-0.2, -0.15) is 0 Å². The minimum Gasteiger partial charge on any atom is -0.364 e. The molecule has 1 amide bonds. The second-order valence-electron chi connectivity index (χ2n) is 6.00. The van der Waals surface area contributed by atoms with Gasteiger partial charge >= 0.3 is 0 Å². The molecule has 2 aromatic rings. The Labute approximate surface area is 124 Å². The van der Waals surface area contributed by atoms with Gasteiger partial charge in [0.2, 0.25) is 0 Å². The van der Waals surface area contributed by atoms with E-state index >= 15 is 0 Å². The van der Waals surface area contributed by atoms with Gasteiger partial charge in [0.05, 0.1) is 0 Å². The van der Waals surface area contributed by atoms with Crippen molar-refractivity contribution in [2.75, 3.05) is 10.6 Å². The second kappa shape index (κ2) is 5.91. The molecule has 0 bridgehead atoms. The third-order valence-corrected chi connectivity index (χ3v) is 2.69. The van der Waals surface area contributed by atoms with E-state index in [1.807, 2.05) is 45.9 Å². The van der Waals surface area contributed by atoms with Crippen LogP contribution in [0.1, 0.15) is 36.7 Å². The lowest BCUT2D eigenvalue weighted by Crippen LogP contribution is -2.26. The summed E-state index contributed by atoms with van der Waals surface area (Å²) in [7, 11) is 0. The van der Waals surface area contributed by atoms with Gasteiger partial charge in [0.1, 0.15) is 5.82 Å². The van der Waals surface area contributed by atoms with Crippen LogP contribution in [0.15, 0.2) is 36.4 Å². The van der Waals surface area contributed by atoms with Crippen LogP contribution in [0.4, 0.5) is 11.6 Å². The Morgan fingerprint density at radius 2 is 1.71 bits per heavy atom. The first-order valence-electron chi connectivity index (χ1n) is 6.83. The molecule has 2 rings (SSSR count). The third-order valence-electron chi connectivity index (χ3n) is 2.69. The maximum absolute atomic E-state index is 12.1. The van der Waals surface area contributed by atoms with Crippen LogP contribution in [0.5, 0.6) is 0 Å². The van der Waals surface area contributed by atoms with Gasteiger partial charge in [0.25, 0.3) is 5.91 Å². The Morgan fingerprint density at radius 1 is 1.05 bits per heavy atom. The fraction of sp³-hybridized carbons (Fsp3) is 0.312. The molecule has 0 radical (unpaired) electrons. The van der Waals surface area contributed by atoms with Crippen LogP contribution in [0, 0.1) is 6.92 Å². The summed E-state index contributed by atoms with van der Waals surface area (Å²) in [5.74, 6) is 0.918. The van der Waals surface area contributed by atoms with Gasteiger partial charge in [-0.25, -0.2) is 0 Å². The first kappa shape index (κ1) is 15.0. The number of carbonyl (C=O) groups is 1. The third kappa shape index (κ3) is 4.56. The van der Waals surface area contributed by atoms with Crippen LogP contribution >= 0.6 is 0 Å². The largest absolute Gasteiger partial charge is 0.364 e. The molecule has 0 fully saturated rings. The van der Waals surface area contributed by atoms with E-state index in [1.54, 1.807) is 18.2 Å². The summed E-state index contributed by atoms with van der Waals surface area (Å²) >= 11 is 0. The minimum atomic E-state index is -0.190. The van der Waals surface area contributed by atoms with Crippen molar-refractivity contribution < 1.29 is 4.79 Å². The summed E-state index contributed by atoms with van der Waals surface area (Å²) in [6, 6.07) is 10.9. The molecule has 110 valence electrons. The Morgan fingerprint density at radius 3 is 2.29 bits per heavy atom. The molecule has 1 aromatic heterocycles. The van der Waals surface area contributed by atoms with Crippen LogP contribution < -0.4 is 10.6 Å². The Hall–Kier alpha value is -2.43. The SMILES string of the molecule is Cc1cccc(C(=O)Nc2ccc(NC(C)(C)C)nn2)c1. The predicted molar refractivity (Wildman–Crippen MR) is 84.5 cm³/mol. The first-order valence-corrected chi connectivity index (χ1v) is 6.83. The number of benzene rings is 1. The summed E-state index contributed by atoms with van der Waals surface area (Å²) in [4.78, 5) is 12.1. The Balaban J connectivity index is 2.05. The fourth-order valence-corrected chi connectivity index (χ4v) is 1.82. The summed E-state index contributed by atoms with van der Waals surface area (Å²) in [5, 5.41) is 14.0. The van der Waals surface area contributed by atoms with Crippen molar-refractivity contribution in [2.45, 2.75) is 33.2 Å². The van der Waals surface area contributed by atoms with E-state index in [0.717, 1.165) is 5.56 Å². The average Bonchev–Trinajstić information content (AvgIpc) is 2.39. The Bertz CT molecular complexity index is 629. The highest BCUT2D eigenvalue weighted by atomic mass is 16.1. The van der Waals surface area contributed by atoms with Crippen molar-refractivity contribution in [1.82, 2.24) is 10.2 Å². The molecule has 0 unspecified atom stereocenters. The van der Waals surface area contributed by atoms with Crippen LogP contribution in [0.25, 0.3) is 0 Å². The van der Waals surface area contributed by atoms with Gasteiger partial charge < -0.3 is 10.6 Å². The summed E-state index contributed by atoms with van der Waals surface area (Å²) in [5.41, 5.74) is 1.56. The molecule has 1 aromatic carbocycles.